The molecule has 0 aliphatic carbocycles. The second-order valence-corrected chi connectivity index (χ2v) is 6.59. The Morgan fingerprint density at radius 1 is 1.45 bits per heavy atom. The number of piperidine rings is 1. The number of amides is 1. The van der Waals surface area contributed by atoms with Crippen LogP contribution in [0.1, 0.15) is 20.3 Å². The lowest BCUT2D eigenvalue weighted by molar-refractivity contribution is -0.118. The Kier molecular flexibility index (Phi) is 4.68. The van der Waals surface area contributed by atoms with Crippen molar-refractivity contribution in [2.75, 3.05) is 25.0 Å². The first-order valence-electron chi connectivity index (χ1n) is 6.90. The number of rotatable bonds is 3. The SMILES string of the molecule is CC1(C)CN(CC(=O)Nc2ccc(Cl)cc2)CCC1N. The van der Waals surface area contributed by atoms with Gasteiger partial charge in [-0.2, -0.15) is 0 Å². The summed E-state index contributed by atoms with van der Waals surface area (Å²) in [5.41, 5.74) is 6.93. The quantitative estimate of drug-likeness (QED) is 0.900. The number of nitrogens with two attached hydrogens (primary N) is 1. The smallest absolute Gasteiger partial charge is 0.238 e. The predicted molar refractivity (Wildman–Crippen MR) is 82.9 cm³/mol. The van der Waals surface area contributed by atoms with Crippen molar-refractivity contribution in [3.63, 3.8) is 0 Å². The van der Waals surface area contributed by atoms with Crippen molar-refractivity contribution >= 4 is 23.2 Å². The van der Waals surface area contributed by atoms with Gasteiger partial charge in [0.15, 0.2) is 0 Å². The molecule has 5 heteroatoms. The van der Waals surface area contributed by atoms with Gasteiger partial charge in [-0.3, -0.25) is 9.69 Å². The molecule has 0 bridgehead atoms. The lowest BCUT2D eigenvalue weighted by Crippen LogP contribution is -2.53. The van der Waals surface area contributed by atoms with Gasteiger partial charge in [0, 0.05) is 29.8 Å². The number of benzene rings is 1. The van der Waals surface area contributed by atoms with Gasteiger partial charge in [0.05, 0.1) is 6.54 Å². The Balaban J connectivity index is 1.87. The van der Waals surface area contributed by atoms with E-state index < -0.39 is 0 Å². The van der Waals surface area contributed by atoms with Crippen molar-refractivity contribution in [1.29, 1.82) is 0 Å². The molecule has 110 valence electrons. The van der Waals surface area contributed by atoms with Crippen LogP contribution in [0.3, 0.4) is 0 Å². The molecule has 3 N–H and O–H groups in total. The number of halogens is 1. The molecule has 1 unspecified atom stereocenters. The molecule has 1 saturated heterocycles. The molecule has 1 aromatic carbocycles. The number of anilines is 1. The summed E-state index contributed by atoms with van der Waals surface area (Å²) in [5.74, 6) is -0.00130. The Labute approximate surface area is 125 Å². The molecule has 1 amide bonds. The van der Waals surface area contributed by atoms with Crippen LogP contribution in [0, 0.1) is 5.41 Å². The molecule has 0 saturated carbocycles. The molecule has 1 aromatic rings. The number of likely N-dealkylation sites (tertiary alicyclic amines) is 1. The summed E-state index contributed by atoms with van der Waals surface area (Å²) in [6.07, 6.45) is 0.932. The van der Waals surface area contributed by atoms with Gasteiger partial charge >= 0.3 is 0 Å². The van der Waals surface area contributed by atoms with E-state index >= 15 is 0 Å². The summed E-state index contributed by atoms with van der Waals surface area (Å²) in [4.78, 5) is 14.2. The van der Waals surface area contributed by atoms with Crippen LogP contribution >= 0.6 is 11.6 Å². The fourth-order valence-corrected chi connectivity index (χ4v) is 2.68. The zero-order chi connectivity index (χ0) is 14.8. The van der Waals surface area contributed by atoms with Crippen molar-refractivity contribution < 1.29 is 4.79 Å². The van der Waals surface area contributed by atoms with Crippen LogP contribution in [0.4, 0.5) is 5.69 Å². The van der Waals surface area contributed by atoms with Crippen molar-refractivity contribution in [3.05, 3.63) is 29.3 Å². The van der Waals surface area contributed by atoms with Gasteiger partial charge in [0.2, 0.25) is 5.91 Å². The van der Waals surface area contributed by atoms with Gasteiger partial charge in [0.25, 0.3) is 0 Å². The van der Waals surface area contributed by atoms with Gasteiger partial charge in [-0.05, 0) is 36.1 Å². The third-order valence-electron chi connectivity index (χ3n) is 3.89. The van der Waals surface area contributed by atoms with Crippen LogP contribution in [0.25, 0.3) is 0 Å². The Morgan fingerprint density at radius 3 is 2.70 bits per heavy atom. The fraction of sp³-hybridized carbons (Fsp3) is 0.533. The largest absolute Gasteiger partial charge is 0.327 e. The summed E-state index contributed by atoms with van der Waals surface area (Å²) in [5, 5.41) is 3.55. The number of hydrogen-bond donors (Lipinski definition) is 2. The first kappa shape index (κ1) is 15.3. The van der Waals surface area contributed by atoms with Crippen LogP contribution in [0.2, 0.25) is 5.02 Å². The summed E-state index contributed by atoms with van der Waals surface area (Å²) in [6, 6.07) is 7.34. The van der Waals surface area contributed by atoms with E-state index in [1.54, 1.807) is 24.3 Å². The Hall–Kier alpha value is -1.10. The normalized spacial score (nSPS) is 22.5. The summed E-state index contributed by atoms with van der Waals surface area (Å²) in [6.45, 7) is 6.43. The summed E-state index contributed by atoms with van der Waals surface area (Å²) in [7, 11) is 0. The van der Waals surface area contributed by atoms with Crippen LogP contribution in [0.15, 0.2) is 24.3 Å². The van der Waals surface area contributed by atoms with Gasteiger partial charge in [0.1, 0.15) is 0 Å². The van der Waals surface area contributed by atoms with Gasteiger partial charge < -0.3 is 11.1 Å². The van der Waals surface area contributed by atoms with Gasteiger partial charge in [-0.15, -0.1) is 0 Å². The number of carbonyl (C=O) groups is 1. The number of nitrogens with one attached hydrogen (secondary N) is 1. The zero-order valence-corrected chi connectivity index (χ0v) is 12.8. The highest BCUT2D eigenvalue weighted by Gasteiger charge is 2.33. The lowest BCUT2D eigenvalue weighted by atomic mass is 9.80. The van der Waals surface area contributed by atoms with E-state index in [1.165, 1.54) is 0 Å². The van der Waals surface area contributed by atoms with Crippen LogP contribution < -0.4 is 11.1 Å². The minimum atomic E-state index is -0.00130. The summed E-state index contributed by atoms with van der Waals surface area (Å²) >= 11 is 5.82. The molecule has 2 rings (SSSR count). The molecule has 0 radical (unpaired) electrons. The third kappa shape index (κ3) is 3.95. The van der Waals surface area contributed by atoms with Gasteiger partial charge in [-0.25, -0.2) is 0 Å². The molecule has 1 fully saturated rings. The van der Waals surface area contributed by atoms with E-state index in [0.29, 0.717) is 11.6 Å². The first-order chi connectivity index (χ1) is 9.37. The number of nitrogens with zero attached hydrogens (tertiary/aromatic N) is 1. The monoisotopic (exact) mass is 295 g/mol. The van der Waals surface area contributed by atoms with E-state index in [9.17, 15) is 4.79 Å². The second-order valence-electron chi connectivity index (χ2n) is 6.15. The Bertz CT molecular complexity index is 473. The highest BCUT2D eigenvalue weighted by atomic mass is 35.5. The average molecular weight is 296 g/mol. The summed E-state index contributed by atoms with van der Waals surface area (Å²) < 4.78 is 0. The van der Waals surface area contributed by atoms with Gasteiger partial charge in [-0.1, -0.05) is 25.4 Å². The highest BCUT2D eigenvalue weighted by Crippen LogP contribution is 2.27. The molecule has 20 heavy (non-hydrogen) atoms. The molecule has 0 aromatic heterocycles. The third-order valence-corrected chi connectivity index (χ3v) is 4.14. The van der Waals surface area contributed by atoms with E-state index in [4.69, 9.17) is 17.3 Å². The minimum Gasteiger partial charge on any atom is -0.327 e. The maximum atomic E-state index is 12.0. The molecule has 1 heterocycles. The van der Waals surface area contributed by atoms with E-state index in [0.717, 1.165) is 25.2 Å². The zero-order valence-electron chi connectivity index (χ0n) is 12.0. The Morgan fingerprint density at radius 2 is 2.10 bits per heavy atom. The topological polar surface area (TPSA) is 58.4 Å². The van der Waals surface area contributed by atoms with Crippen molar-refractivity contribution in [2.45, 2.75) is 26.3 Å². The predicted octanol–water partition coefficient (Wildman–Crippen LogP) is 2.34. The standard InChI is InChI=1S/C15H22ClN3O/c1-15(2)10-19(8-7-13(15)17)9-14(20)18-12-5-3-11(16)4-6-12/h3-6,13H,7-10,17H2,1-2H3,(H,18,20). The molecule has 1 aliphatic heterocycles. The highest BCUT2D eigenvalue weighted by molar-refractivity contribution is 6.30. The minimum absolute atomic E-state index is 0.00130. The molecular formula is C15H22ClN3O. The lowest BCUT2D eigenvalue weighted by Gasteiger charge is -2.42. The number of carbonyl (C=O) groups excluding carboxylic acids is 1. The van der Waals surface area contributed by atoms with Crippen molar-refractivity contribution in [2.24, 2.45) is 11.1 Å². The van der Waals surface area contributed by atoms with Crippen molar-refractivity contribution in [3.8, 4) is 0 Å². The maximum absolute atomic E-state index is 12.0. The average Bonchev–Trinajstić information content (AvgIpc) is 2.36. The maximum Gasteiger partial charge on any atom is 0.238 e. The van der Waals surface area contributed by atoms with Crippen molar-refractivity contribution in [1.82, 2.24) is 4.90 Å². The van der Waals surface area contributed by atoms with Crippen LogP contribution in [-0.2, 0) is 4.79 Å². The molecule has 1 aliphatic rings. The first-order valence-corrected chi connectivity index (χ1v) is 7.28. The number of hydrogen-bond acceptors (Lipinski definition) is 3. The molecular weight excluding hydrogens is 274 g/mol. The van der Waals surface area contributed by atoms with Crippen LogP contribution in [0.5, 0.6) is 0 Å². The molecule has 0 spiro atoms. The molecule has 1 atom stereocenters. The molecule has 4 nitrogen and oxygen atoms in total. The second kappa shape index (κ2) is 6.12. The van der Waals surface area contributed by atoms with Crippen LogP contribution in [-0.4, -0.2) is 36.5 Å². The van der Waals surface area contributed by atoms with E-state index in [1.807, 2.05) is 0 Å². The van der Waals surface area contributed by atoms with E-state index in [2.05, 4.69) is 24.1 Å². The fourth-order valence-electron chi connectivity index (χ4n) is 2.56. The van der Waals surface area contributed by atoms with E-state index in [-0.39, 0.29) is 17.4 Å².